The summed E-state index contributed by atoms with van der Waals surface area (Å²) in [5.41, 5.74) is 6.68. The predicted molar refractivity (Wildman–Crippen MR) is 62.4 cm³/mol. The molecule has 1 atom stereocenters. The molecule has 1 unspecified atom stereocenters. The van der Waals surface area contributed by atoms with Crippen molar-refractivity contribution in [2.45, 2.75) is 18.4 Å². The van der Waals surface area contributed by atoms with Gasteiger partial charge in [-0.15, -0.1) is 0 Å². The van der Waals surface area contributed by atoms with E-state index in [1.165, 1.54) is 0 Å². The highest BCUT2D eigenvalue weighted by molar-refractivity contribution is 6.33. The van der Waals surface area contributed by atoms with Crippen LogP contribution in [0, 0.1) is 0 Å². The molecule has 1 fully saturated rings. The topological polar surface area (TPSA) is 35.2 Å². The third-order valence-corrected chi connectivity index (χ3v) is 3.30. The Balaban J connectivity index is 2.38. The summed E-state index contributed by atoms with van der Waals surface area (Å²) in [5.74, 6) is 0. The number of rotatable bonds is 1. The van der Waals surface area contributed by atoms with Gasteiger partial charge in [0, 0.05) is 16.7 Å². The van der Waals surface area contributed by atoms with E-state index in [4.69, 9.17) is 33.7 Å². The van der Waals surface area contributed by atoms with Crippen molar-refractivity contribution in [3.8, 4) is 0 Å². The Bertz CT molecular complexity index is 362. The molecular formula is C11H13Cl2NO. The molecule has 15 heavy (non-hydrogen) atoms. The second-order valence-corrected chi connectivity index (χ2v) is 4.78. The molecule has 1 saturated heterocycles. The molecule has 0 saturated carbocycles. The van der Waals surface area contributed by atoms with E-state index >= 15 is 0 Å². The first kappa shape index (κ1) is 11.2. The molecule has 0 aromatic heterocycles. The predicted octanol–water partition coefficient (Wildman–Crippen LogP) is 2.96. The molecule has 1 aliphatic heterocycles. The van der Waals surface area contributed by atoms with Gasteiger partial charge in [-0.1, -0.05) is 23.2 Å². The molecule has 4 heteroatoms. The van der Waals surface area contributed by atoms with Gasteiger partial charge in [-0.05, 0) is 36.6 Å². The number of ether oxygens (including phenoxy) is 1. The zero-order valence-electron chi connectivity index (χ0n) is 8.30. The summed E-state index contributed by atoms with van der Waals surface area (Å²) in [6, 6.07) is 5.38. The Morgan fingerprint density at radius 1 is 1.33 bits per heavy atom. The molecule has 2 N–H and O–H groups in total. The highest BCUT2D eigenvalue weighted by atomic mass is 35.5. The van der Waals surface area contributed by atoms with Gasteiger partial charge in [0.2, 0.25) is 0 Å². The van der Waals surface area contributed by atoms with Crippen molar-refractivity contribution in [3.05, 3.63) is 33.8 Å². The van der Waals surface area contributed by atoms with E-state index < -0.39 is 5.54 Å². The highest BCUT2D eigenvalue weighted by Gasteiger charge is 2.32. The SMILES string of the molecule is NC1(c2cc(Cl)ccc2Cl)CCCOC1. The fraction of sp³-hybridized carbons (Fsp3) is 0.455. The Kier molecular flexibility index (Phi) is 3.21. The second kappa shape index (κ2) is 4.30. The number of nitrogens with two attached hydrogens (primary N) is 1. The maximum Gasteiger partial charge on any atom is 0.0688 e. The van der Waals surface area contributed by atoms with Gasteiger partial charge >= 0.3 is 0 Å². The minimum Gasteiger partial charge on any atom is -0.379 e. The van der Waals surface area contributed by atoms with Crippen LogP contribution in [0.4, 0.5) is 0 Å². The van der Waals surface area contributed by atoms with Gasteiger partial charge < -0.3 is 10.5 Å². The normalized spacial score (nSPS) is 26.6. The molecule has 1 aromatic rings. The van der Waals surface area contributed by atoms with Crippen molar-refractivity contribution < 1.29 is 4.74 Å². The molecule has 1 aromatic carbocycles. The minimum absolute atomic E-state index is 0.486. The summed E-state index contributed by atoms with van der Waals surface area (Å²) in [4.78, 5) is 0. The number of hydrogen-bond acceptors (Lipinski definition) is 2. The molecule has 0 amide bonds. The summed E-state index contributed by atoms with van der Waals surface area (Å²) in [6.07, 6.45) is 1.84. The average molecular weight is 246 g/mol. The summed E-state index contributed by atoms with van der Waals surface area (Å²) in [7, 11) is 0. The van der Waals surface area contributed by atoms with Crippen LogP contribution < -0.4 is 5.73 Å². The first-order valence-corrected chi connectivity index (χ1v) is 5.70. The van der Waals surface area contributed by atoms with Crippen LogP contribution in [0.1, 0.15) is 18.4 Å². The maximum absolute atomic E-state index is 6.28. The van der Waals surface area contributed by atoms with Crippen LogP contribution in [0.5, 0.6) is 0 Å². The zero-order chi connectivity index (χ0) is 10.9. The molecule has 1 heterocycles. The first-order chi connectivity index (χ1) is 7.12. The average Bonchev–Trinajstić information content (AvgIpc) is 2.23. The Labute approximate surface area is 99.3 Å². The van der Waals surface area contributed by atoms with E-state index in [9.17, 15) is 0 Å². The number of halogens is 2. The fourth-order valence-electron chi connectivity index (χ4n) is 1.91. The largest absolute Gasteiger partial charge is 0.379 e. The Morgan fingerprint density at radius 2 is 2.13 bits per heavy atom. The van der Waals surface area contributed by atoms with Crippen molar-refractivity contribution in [2.24, 2.45) is 5.73 Å². The number of hydrogen-bond donors (Lipinski definition) is 1. The lowest BCUT2D eigenvalue weighted by Crippen LogP contribution is -2.44. The Hall–Kier alpha value is -0.280. The second-order valence-electron chi connectivity index (χ2n) is 3.94. The van der Waals surface area contributed by atoms with Crippen LogP contribution in [-0.4, -0.2) is 13.2 Å². The summed E-state index contributed by atoms with van der Waals surface area (Å²) in [5, 5.41) is 1.32. The van der Waals surface area contributed by atoms with Crippen molar-refractivity contribution in [2.75, 3.05) is 13.2 Å². The third kappa shape index (κ3) is 2.28. The van der Waals surface area contributed by atoms with Gasteiger partial charge in [-0.3, -0.25) is 0 Å². The quantitative estimate of drug-likeness (QED) is 0.826. The van der Waals surface area contributed by atoms with Crippen LogP contribution in [-0.2, 0) is 10.3 Å². The van der Waals surface area contributed by atoms with Crippen LogP contribution in [0.25, 0.3) is 0 Å². The highest BCUT2D eigenvalue weighted by Crippen LogP contribution is 2.34. The smallest absolute Gasteiger partial charge is 0.0688 e. The molecule has 1 aliphatic rings. The van der Waals surface area contributed by atoms with Crippen LogP contribution in [0.15, 0.2) is 18.2 Å². The van der Waals surface area contributed by atoms with Crippen LogP contribution in [0.3, 0.4) is 0 Å². The first-order valence-electron chi connectivity index (χ1n) is 4.94. The lowest BCUT2D eigenvalue weighted by atomic mass is 9.86. The van der Waals surface area contributed by atoms with Gasteiger partial charge in [-0.25, -0.2) is 0 Å². The van der Waals surface area contributed by atoms with E-state index in [1.54, 1.807) is 12.1 Å². The lowest BCUT2D eigenvalue weighted by Gasteiger charge is -2.34. The summed E-state index contributed by atoms with van der Waals surface area (Å²) >= 11 is 12.1. The number of benzene rings is 1. The van der Waals surface area contributed by atoms with Crippen molar-refractivity contribution in [3.63, 3.8) is 0 Å². The monoisotopic (exact) mass is 245 g/mol. The summed E-state index contributed by atoms with van der Waals surface area (Å²) in [6.45, 7) is 1.28. The molecule has 0 spiro atoms. The van der Waals surface area contributed by atoms with Gasteiger partial charge in [0.1, 0.15) is 0 Å². The maximum atomic E-state index is 6.28. The van der Waals surface area contributed by atoms with Gasteiger partial charge in [0.25, 0.3) is 0 Å². The van der Waals surface area contributed by atoms with Crippen molar-refractivity contribution in [1.29, 1.82) is 0 Å². The van der Waals surface area contributed by atoms with Gasteiger partial charge in [-0.2, -0.15) is 0 Å². The lowest BCUT2D eigenvalue weighted by molar-refractivity contribution is 0.0367. The minimum atomic E-state index is -0.486. The van der Waals surface area contributed by atoms with E-state index in [0.29, 0.717) is 16.7 Å². The van der Waals surface area contributed by atoms with E-state index in [1.807, 2.05) is 6.07 Å². The van der Waals surface area contributed by atoms with Crippen molar-refractivity contribution in [1.82, 2.24) is 0 Å². The van der Waals surface area contributed by atoms with Crippen molar-refractivity contribution >= 4 is 23.2 Å². The van der Waals surface area contributed by atoms with Gasteiger partial charge in [0.05, 0.1) is 12.1 Å². The van der Waals surface area contributed by atoms with E-state index in [2.05, 4.69) is 0 Å². The van der Waals surface area contributed by atoms with E-state index in [0.717, 1.165) is 25.0 Å². The molecule has 0 aliphatic carbocycles. The molecule has 2 rings (SSSR count). The molecular weight excluding hydrogens is 233 g/mol. The van der Waals surface area contributed by atoms with Crippen LogP contribution >= 0.6 is 23.2 Å². The zero-order valence-corrected chi connectivity index (χ0v) is 9.81. The fourth-order valence-corrected chi connectivity index (χ4v) is 2.39. The molecule has 0 bridgehead atoms. The third-order valence-electron chi connectivity index (χ3n) is 2.74. The van der Waals surface area contributed by atoms with Gasteiger partial charge in [0.15, 0.2) is 0 Å². The standard InChI is InChI=1S/C11H13Cl2NO/c12-8-2-3-10(13)9(6-8)11(14)4-1-5-15-7-11/h2-3,6H,1,4-5,7,14H2. The Morgan fingerprint density at radius 3 is 2.80 bits per heavy atom. The molecule has 82 valence electrons. The summed E-state index contributed by atoms with van der Waals surface area (Å²) < 4.78 is 5.41. The van der Waals surface area contributed by atoms with Crippen LogP contribution in [0.2, 0.25) is 10.0 Å². The van der Waals surface area contributed by atoms with E-state index in [-0.39, 0.29) is 0 Å². The molecule has 0 radical (unpaired) electrons. The molecule has 2 nitrogen and oxygen atoms in total.